The molecule has 5 heteroatoms. The molecule has 35 heavy (non-hydrogen) atoms. The van der Waals surface area contributed by atoms with Crippen LogP contribution < -0.4 is 0 Å². The van der Waals surface area contributed by atoms with Gasteiger partial charge in [-0.25, -0.2) is 0 Å². The van der Waals surface area contributed by atoms with E-state index in [2.05, 4.69) is 60.1 Å². The lowest BCUT2D eigenvalue weighted by molar-refractivity contribution is -0.136. The molecule has 0 N–H and O–H groups in total. The van der Waals surface area contributed by atoms with Crippen LogP contribution in [0.15, 0.2) is 0 Å². The summed E-state index contributed by atoms with van der Waals surface area (Å²) < 4.78 is 12.4. The Kier molecular flexibility index (Phi) is 7.87. The van der Waals surface area contributed by atoms with Crippen LogP contribution in [0.3, 0.4) is 0 Å². The van der Waals surface area contributed by atoms with Crippen molar-refractivity contribution in [3.8, 4) is 0 Å². The molecule has 4 fully saturated rings. The van der Waals surface area contributed by atoms with E-state index in [4.69, 9.17) is 8.85 Å². The van der Waals surface area contributed by atoms with Crippen molar-refractivity contribution in [3.05, 3.63) is 0 Å². The van der Waals surface area contributed by atoms with Gasteiger partial charge in [0, 0.05) is 12.5 Å². The maximum Gasteiger partial charge on any atom is 0.292 e. The zero-order valence-corrected chi connectivity index (χ0v) is 26.5. The Morgan fingerprint density at radius 3 is 2.17 bits per heavy atom. The van der Waals surface area contributed by atoms with E-state index in [1.54, 1.807) is 0 Å². The lowest BCUT2D eigenvalue weighted by atomic mass is 9.44. The van der Waals surface area contributed by atoms with Crippen molar-refractivity contribution < 1.29 is 13.6 Å². The molecule has 0 radical (unpaired) electrons. The van der Waals surface area contributed by atoms with Crippen LogP contribution in [0.1, 0.15) is 91.4 Å². The summed E-state index contributed by atoms with van der Waals surface area (Å²) in [4.78, 5) is 12.4. The number of rotatable bonds is 7. The van der Waals surface area contributed by atoms with E-state index >= 15 is 0 Å². The van der Waals surface area contributed by atoms with Crippen molar-refractivity contribution in [3.63, 3.8) is 0 Å². The molecule has 0 saturated heterocycles. The molecular formula is C30H56O3Si2. The number of carbonyl (C=O) groups excluding carboxylic acids is 1. The first-order valence-electron chi connectivity index (χ1n) is 15.0. The van der Waals surface area contributed by atoms with Gasteiger partial charge < -0.3 is 8.85 Å². The molecule has 1 unspecified atom stereocenters. The van der Waals surface area contributed by atoms with E-state index in [0.717, 1.165) is 36.0 Å². The van der Waals surface area contributed by atoms with Gasteiger partial charge >= 0.3 is 0 Å². The highest BCUT2D eigenvalue weighted by molar-refractivity contribution is 6.71. The predicted octanol–water partition coefficient (Wildman–Crippen LogP) is 8.66. The van der Waals surface area contributed by atoms with Crippen molar-refractivity contribution >= 4 is 22.6 Å². The number of fused-ring (bicyclic) bond motifs is 5. The standard InChI is InChI=1S/C30H56O3Si2/c1-21(10-15-28(31)33-35(7,8)9)25-13-14-26-24-12-11-22-20-23(32-34(4,5)6)16-18-29(22,2)27(24)17-19-30(25,26)3/h21-27H,10-20H2,1-9H3/t21-,22?,23-,24+,25-,26+,27+,29+,30-/m1/s1. The van der Waals surface area contributed by atoms with Gasteiger partial charge in [0.25, 0.3) is 5.97 Å². The minimum atomic E-state index is -1.78. The fraction of sp³-hybridized carbons (Fsp3) is 0.967. The Balaban J connectivity index is 1.39. The lowest BCUT2D eigenvalue weighted by Crippen LogP contribution is -2.54. The van der Waals surface area contributed by atoms with Crippen molar-refractivity contribution in [2.45, 2.75) is 137 Å². The van der Waals surface area contributed by atoms with Crippen LogP contribution in [-0.2, 0) is 13.6 Å². The maximum absolute atomic E-state index is 12.4. The summed E-state index contributed by atoms with van der Waals surface area (Å²) in [7, 11) is -3.24. The van der Waals surface area contributed by atoms with Gasteiger partial charge in [-0.05, 0) is 150 Å². The third-order valence-electron chi connectivity index (χ3n) is 11.1. The first kappa shape index (κ1) is 27.9. The second-order valence-corrected chi connectivity index (χ2v) is 24.5. The molecule has 0 aromatic carbocycles. The second-order valence-electron chi connectivity index (χ2n) is 15.6. The Morgan fingerprint density at radius 2 is 1.51 bits per heavy atom. The molecule has 0 amide bonds. The summed E-state index contributed by atoms with van der Waals surface area (Å²) in [5.74, 6) is 5.07. The van der Waals surface area contributed by atoms with Crippen LogP contribution in [0.2, 0.25) is 39.3 Å². The first-order chi connectivity index (χ1) is 16.1. The Morgan fingerprint density at radius 1 is 0.857 bits per heavy atom. The zero-order valence-electron chi connectivity index (χ0n) is 24.5. The summed E-state index contributed by atoms with van der Waals surface area (Å²) in [6.45, 7) is 21.1. The van der Waals surface area contributed by atoms with Gasteiger partial charge in [0.2, 0.25) is 8.32 Å². The first-order valence-corrected chi connectivity index (χ1v) is 21.8. The van der Waals surface area contributed by atoms with E-state index in [1.807, 2.05) is 0 Å². The molecule has 4 aliphatic carbocycles. The molecule has 4 aliphatic rings. The van der Waals surface area contributed by atoms with Crippen molar-refractivity contribution in [1.82, 2.24) is 0 Å². The summed E-state index contributed by atoms with van der Waals surface area (Å²) >= 11 is 0. The highest BCUT2D eigenvalue weighted by Crippen LogP contribution is 2.68. The number of hydrogen-bond acceptors (Lipinski definition) is 3. The van der Waals surface area contributed by atoms with Gasteiger partial charge in [-0.2, -0.15) is 0 Å². The van der Waals surface area contributed by atoms with Gasteiger partial charge in [-0.1, -0.05) is 20.8 Å². The average molecular weight is 521 g/mol. The molecule has 0 aromatic heterocycles. The largest absolute Gasteiger partial charge is 0.520 e. The third-order valence-corrected chi connectivity index (χ3v) is 13.0. The Labute approximate surface area is 219 Å². The topological polar surface area (TPSA) is 35.5 Å². The quantitative estimate of drug-likeness (QED) is 0.315. The van der Waals surface area contributed by atoms with E-state index in [0.29, 0.717) is 29.3 Å². The van der Waals surface area contributed by atoms with E-state index in [9.17, 15) is 4.79 Å². The number of carbonyl (C=O) groups is 1. The van der Waals surface area contributed by atoms with Crippen LogP contribution >= 0.6 is 0 Å². The maximum atomic E-state index is 12.4. The molecule has 0 aromatic rings. The van der Waals surface area contributed by atoms with Crippen LogP contribution in [0.4, 0.5) is 0 Å². The summed E-state index contributed by atoms with van der Waals surface area (Å²) in [6.07, 6.45) is 14.6. The molecule has 0 aliphatic heterocycles. The van der Waals surface area contributed by atoms with Crippen LogP contribution in [0.5, 0.6) is 0 Å². The third kappa shape index (κ3) is 5.82. The van der Waals surface area contributed by atoms with Crippen LogP contribution in [0, 0.1) is 46.3 Å². The van der Waals surface area contributed by atoms with Gasteiger partial charge in [-0.3, -0.25) is 4.79 Å². The van der Waals surface area contributed by atoms with Crippen molar-refractivity contribution in [1.29, 1.82) is 0 Å². The van der Waals surface area contributed by atoms with Crippen LogP contribution in [-0.4, -0.2) is 28.7 Å². The molecule has 0 spiro atoms. The predicted molar refractivity (Wildman–Crippen MR) is 151 cm³/mol. The SMILES string of the molecule is C[C@H](CCC(=O)O[Si](C)(C)C)[C@H]1CC[C@H]2[C@@H]3CCC4C[C@H](O[Si](C)(C)C)CC[C@]4(C)[C@H]3CC[C@]12C. The van der Waals surface area contributed by atoms with Gasteiger partial charge in [-0.15, -0.1) is 0 Å². The van der Waals surface area contributed by atoms with E-state index < -0.39 is 16.6 Å². The molecule has 3 nitrogen and oxygen atoms in total. The van der Waals surface area contributed by atoms with Crippen molar-refractivity contribution in [2.24, 2.45) is 46.3 Å². The molecule has 0 bridgehead atoms. The molecular weight excluding hydrogens is 464 g/mol. The van der Waals surface area contributed by atoms with E-state index in [-0.39, 0.29) is 5.97 Å². The molecule has 4 rings (SSSR count). The van der Waals surface area contributed by atoms with Gasteiger partial charge in [0.15, 0.2) is 8.32 Å². The minimum absolute atomic E-state index is 0.0411. The average Bonchev–Trinajstić information content (AvgIpc) is 3.07. The summed E-state index contributed by atoms with van der Waals surface area (Å²) in [5.41, 5.74) is 1.01. The molecule has 9 atom stereocenters. The Bertz CT molecular complexity index is 771. The lowest BCUT2D eigenvalue weighted by Gasteiger charge is -2.61. The monoisotopic (exact) mass is 520 g/mol. The van der Waals surface area contributed by atoms with E-state index in [1.165, 1.54) is 57.8 Å². The zero-order chi connectivity index (χ0) is 25.8. The van der Waals surface area contributed by atoms with Gasteiger partial charge in [0.1, 0.15) is 0 Å². The highest BCUT2D eigenvalue weighted by Gasteiger charge is 2.60. The summed E-state index contributed by atoms with van der Waals surface area (Å²) in [6, 6.07) is 0. The fourth-order valence-electron chi connectivity index (χ4n) is 9.74. The minimum Gasteiger partial charge on any atom is -0.520 e. The highest BCUT2D eigenvalue weighted by atomic mass is 28.4. The van der Waals surface area contributed by atoms with Crippen molar-refractivity contribution in [2.75, 3.05) is 0 Å². The smallest absolute Gasteiger partial charge is 0.292 e. The molecule has 4 saturated carbocycles. The van der Waals surface area contributed by atoms with Gasteiger partial charge in [0.05, 0.1) is 0 Å². The Hall–Kier alpha value is -0.136. The molecule has 202 valence electrons. The van der Waals surface area contributed by atoms with Crippen LogP contribution in [0.25, 0.3) is 0 Å². The normalized spacial score (nSPS) is 42.5. The fourth-order valence-corrected chi connectivity index (χ4v) is 11.7. The number of hydrogen-bond donors (Lipinski definition) is 0. The summed E-state index contributed by atoms with van der Waals surface area (Å²) in [5, 5.41) is 0. The molecule has 0 heterocycles. The second kappa shape index (κ2) is 9.87.